The fraction of sp³-hybridized carbons (Fsp3) is 0.864. The van der Waals surface area contributed by atoms with Crippen molar-refractivity contribution >= 4 is 11.9 Å². The van der Waals surface area contributed by atoms with Gasteiger partial charge in [-0.1, -0.05) is 148 Å². The lowest BCUT2D eigenvalue weighted by atomic mass is 9.47. The highest BCUT2D eigenvalue weighted by Gasteiger charge is 2.60. The van der Waals surface area contributed by atoms with Crippen molar-refractivity contribution in [1.82, 2.24) is 0 Å². The number of esters is 2. The zero-order valence-corrected chi connectivity index (χ0v) is 41.7. The van der Waals surface area contributed by atoms with E-state index in [9.17, 15) is 9.59 Å². The molecule has 0 aromatic carbocycles. The molecule has 0 radical (unpaired) electrons. The lowest BCUT2D eigenvalue weighted by Gasteiger charge is -2.58. The standard InChI is InChI=1S/C59H94O4/c1-8-10-12-14-16-18-20-42-24-28-50-48-26-22-44-39-46(30-34-58(44,6)52(48)32-36-56(42,50)4)62-54(60)38-41(3)55(61)63-47-31-35-59(7)45(40-47)23-27-49-51-29-25-43(21-19-17-15-13-11-9-2)57(51,5)37-33-53(49)59/h22-23,42-43,46-53H,3,8-21,24-40H2,1-2,4-7H3/t42?,43-,46+,47-,48?,49-,50?,51-,52?,53-,56-,57+,58+,59-/m0/s1. The van der Waals surface area contributed by atoms with Gasteiger partial charge in [-0.15, -0.1) is 0 Å². The number of hydrogen-bond acceptors (Lipinski definition) is 4. The van der Waals surface area contributed by atoms with Crippen LogP contribution in [0.3, 0.4) is 0 Å². The predicted molar refractivity (Wildman–Crippen MR) is 260 cm³/mol. The molecule has 4 nitrogen and oxygen atoms in total. The maximum atomic E-state index is 13.5. The minimum atomic E-state index is -0.409. The van der Waals surface area contributed by atoms with Crippen LogP contribution in [0.25, 0.3) is 0 Å². The fourth-order valence-electron chi connectivity index (χ4n) is 17.7. The zero-order chi connectivity index (χ0) is 44.4. The molecule has 354 valence electrons. The average molecular weight is 867 g/mol. The number of carbonyl (C=O) groups is 2. The van der Waals surface area contributed by atoms with Crippen molar-refractivity contribution in [2.45, 2.75) is 253 Å². The van der Waals surface area contributed by atoms with Gasteiger partial charge in [0.15, 0.2) is 0 Å². The maximum absolute atomic E-state index is 13.5. The Morgan fingerprint density at radius 1 is 0.556 bits per heavy atom. The number of hydrogen-bond donors (Lipinski definition) is 0. The van der Waals surface area contributed by atoms with Gasteiger partial charge in [0.1, 0.15) is 12.2 Å². The van der Waals surface area contributed by atoms with Gasteiger partial charge >= 0.3 is 11.9 Å². The summed E-state index contributed by atoms with van der Waals surface area (Å²) in [5.74, 6) is 5.99. The molecule has 14 atom stereocenters. The first-order chi connectivity index (χ1) is 30.3. The molecular weight excluding hydrogens is 773 g/mol. The number of rotatable bonds is 19. The lowest BCUT2D eigenvalue weighted by Crippen LogP contribution is -2.50. The lowest BCUT2D eigenvalue weighted by molar-refractivity contribution is -0.154. The van der Waals surface area contributed by atoms with E-state index in [1.165, 1.54) is 160 Å². The Morgan fingerprint density at radius 3 is 1.48 bits per heavy atom. The van der Waals surface area contributed by atoms with Gasteiger partial charge in [0.25, 0.3) is 0 Å². The van der Waals surface area contributed by atoms with E-state index in [2.05, 4.69) is 60.3 Å². The van der Waals surface area contributed by atoms with Crippen molar-refractivity contribution in [3.8, 4) is 0 Å². The van der Waals surface area contributed by atoms with Gasteiger partial charge in [-0.3, -0.25) is 4.79 Å². The summed E-state index contributed by atoms with van der Waals surface area (Å²) in [4.78, 5) is 26.9. The van der Waals surface area contributed by atoms with Crippen molar-refractivity contribution in [1.29, 1.82) is 0 Å². The summed E-state index contributed by atoms with van der Waals surface area (Å²) in [5, 5.41) is 0. The largest absolute Gasteiger partial charge is 0.462 e. The minimum absolute atomic E-state index is 0.0760. The van der Waals surface area contributed by atoms with Crippen LogP contribution in [0.5, 0.6) is 0 Å². The molecule has 0 aliphatic heterocycles. The minimum Gasteiger partial charge on any atom is -0.462 e. The zero-order valence-electron chi connectivity index (χ0n) is 41.7. The van der Waals surface area contributed by atoms with Crippen LogP contribution in [-0.2, 0) is 19.1 Å². The molecule has 8 rings (SSSR count). The summed E-state index contributed by atoms with van der Waals surface area (Å²) in [6.45, 7) is 19.2. The normalized spacial score (nSPS) is 41.4. The van der Waals surface area contributed by atoms with Crippen molar-refractivity contribution in [2.24, 2.45) is 69.0 Å². The van der Waals surface area contributed by atoms with Crippen LogP contribution < -0.4 is 0 Å². The van der Waals surface area contributed by atoms with E-state index in [1.54, 1.807) is 5.57 Å². The molecule has 6 fully saturated rings. The number of allylic oxidation sites excluding steroid dienone is 2. The smallest absolute Gasteiger partial charge is 0.334 e. The third-order valence-corrected chi connectivity index (χ3v) is 21.5. The molecular formula is C59H94O4. The molecule has 0 spiro atoms. The van der Waals surface area contributed by atoms with Gasteiger partial charge in [-0.2, -0.15) is 0 Å². The van der Waals surface area contributed by atoms with E-state index in [1.807, 2.05) is 0 Å². The van der Waals surface area contributed by atoms with E-state index in [4.69, 9.17) is 9.47 Å². The average Bonchev–Trinajstić information content (AvgIpc) is 3.79. The second kappa shape index (κ2) is 20.2. The third kappa shape index (κ3) is 9.53. The maximum Gasteiger partial charge on any atom is 0.334 e. The number of fused-ring (bicyclic) bond motifs is 10. The number of ether oxygens (including phenoxy) is 2. The van der Waals surface area contributed by atoms with Crippen molar-refractivity contribution in [2.75, 3.05) is 0 Å². The Morgan fingerprint density at radius 2 is 1.00 bits per heavy atom. The first kappa shape index (κ1) is 47.6. The summed E-state index contributed by atoms with van der Waals surface area (Å²) >= 11 is 0. The van der Waals surface area contributed by atoms with E-state index in [0.29, 0.717) is 10.8 Å². The highest BCUT2D eigenvalue weighted by molar-refractivity contribution is 5.93. The summed E-state index contributed by atoms with van der Waals surface area (Å²) in [5.41, 5.74) is 4.83. The summed E-state index contributed by atoms with van der Waals surface area (Å²) in [7, 11) is 0. The summed E-state index contributed by atoms with van der Waals surface area (Å²) in [6, 6.07) is 0. The molecule has 6 saturated carbocycles. The fourth-order valence-corrected chi connectivity index (χ4v) is 17.7. The van der Waals surface area contributed by atoms with E-state index >= 15 is 0 Å². The molecule has 0 heterocycles. The van der Waals surface area contributed by atoms with Crippen molar-refractivity contribution in [3.63, 3.8) is 0 Å². The van der Waals surface area contributed by atoms with Gasteiger partial charge in [-0.05, 0) is 172 Å². The Balaban J connectivity index is 0.781. The molecule has 0 bridgehead atoms. The van der Waals surface area contributed by atoms with E-state index in [0.717, 1.165) is 85.9 Å². The Kier molecular flexibility index (Phi) is 15.3. The molecule has 4 heteroatoms. The molecule has 8 aliphatic rings. The van der Waals surface area contributed by atoms with Crippen molar-refractivity contribution in [3.05, 3.63) is 35.5 Å². The SMILES string of the molecule is C=C(CC(=O)O[C@@H]1CC[C@]2(C)C(=CCC3C4CCC(CCCCCCCC)[C@]4(C)CCC32)C1)C(=O)O[C@H]1CC[C@@]2(C)C(=CC[C@H]3[C@@H]4CC[C@H](CCCCCCCC)[C@@]4(C)CC[C@@H]32)C1. The van der Waals surface area contributed by atoms with Gasteiger partial charge in [0, 0.05) is 18.4 Å². The Bertz CT molecular complexity index is 1670. The molecule has 4 unspecified atom stereocenters. The molecule has 63 heavy (non-hydrogen) atoms. The van der Waals surface area contributed by atoms with Crippen LogP contribution in [0.15, 0.2) is 35.5 Å². The quantitative estimate of drug-likeness (QED) is 0.0562. The second-order valence-corrected chi connectivity index (χ2v) is 24.7. The van der Waals surface area contributed by atoms with Gasteiger partial charge in [-0.25, -0.2) is 4.79 Å². The van der Waals surface area contributed by atoms with Crippen LogP contribution in [0, 0.1) is 69.0 Å². The molecule has 0 saturated heterocycles. The van der Waals surface area contributed by atoms with E-state index in [-0.39, 0.29) is 41.0 Å². The van der Waals surface area contributed by atoms with Crippen LogP contribution >= 0.6 is 0 Å². The van der Waals surface area contributed by atoms with Gasteiger partial charge in [0.2, 0.25) is 0 Å². The van der Waals surface area contributed by atoms with Gasteiger partial charge < -0.3 is 9.47 Å². The Labute approximate surface area is 386 Å². The predicted octanol–water partition coefficient (Wildman–Crippen LogP) is 16.4. The third-order valence-electron chi connectivity index (χ3n) is 21.5. The molecule has 0 aromatic rings. The van der Waals surface area contributed by atoms with E-state index < -0.39 is 5.97 Å². The number of carbonyl (C=O) groups excluding carboxylic acids is 2. The topological polar surface area (TPSA) is 52.6 Å². The highest BCUT2D eigenvalue weighted by atomic mass is 16.6. The molecule has 8 aliphatic carbocycles. The van der Waals surface area contributed by atoms with Crippen LogP contribution in [0.2, 0.25) is 0 Å². The number of unbranched alkanes of at least 4 members (excludes halogenated alkanes) is 10. The molecule has 0 amide bonds. The molecule has 0 aromatic heterocycles. The first-order valence-electron chi connectivity index (χ1n) is 27.8. The summed E-state index contributed by atoms with van der Waals surface area (Å²) < 4.78 is 12.3. The summed E-state index contributed by atoms with van der Waals surface area (Å²) in [6.07, 6.45) is 44.0. The van der Waals surface area contributed by atoms with Crippen LogP contribution in [0.1, 0.15) is 241 Å². The first-order valence-corrected chi connectivity index (χ1v) is 27.8. The van der Waals surface area contributed by atoms with Crippen LogP contribution in [-0.4, -0.2) is 24.1 Å². The second-order valence-electron chi connectivity index (χ2n) is 24.7. The van der Waals surface area contributed by atoms with Crippen molar-refractivity contribution < 1.29 is 19.1 Å². The van der Waals surface area contributed by atoms with Crippen LogP contribution in [0.4, 0.5) is 0 Å². The Hall–Kier alpha value is -1.84. The van der Waals surface area contributed by atoms with Gasteiger partial charge in [0.05, 0.1) is 6.42 Å². The monoisotopic (exact) mass is 867 g/mol. The highest BCUT2D eigenvalue weighted by Crippen LogP contribution is 2.68. The molecule has 0 N–H and O–H groups in total.